The molecule has 8 heteroatoms. The van der Waals surface area contributed by atoms with E-state index in [0.717, 1.165) is 11.1 Å². The summed E-state index contributed by atoms with van der Waals surface area (Å²) in [6.45, 7) is 4.40. The van der Waals surface area contributed by atoms with Crippen LogP contribution in [-0.2, 0) is 16.1 Å². The molecule has 5 rings (SSSR count). The van der Waals surface area contributed by atoms with E-state index in [9.17, 15) is 9.59 Å². The fraction of sp³-hybridized carbons (Fsp3) is 0.200. The summed E-state index contributed by atoms with van der Waals surface area (Å²) in [5, 5.41) is 3.95. The van der Waals surface area contributed by atoms with Gasteiger partial charge in [-0.1, -0.05) is 48.0 Å². The summed E-state index contributed by atoms with van der Waals surface area (Å²) in [6.07, 6.45) is 0. The van der Waals surface area contributed by atoms with Crippen LogP contribution in [0.1, 0.15) is 46.8 Å². The van der Waals surface area contributed by atoms with Gasteiger partial charge in [-0.25, -0.2) is 4.79 Å². The number of hydrogen-bond acceptors (Lipinski definition) is 6. The Morgan fingerprint density at radius 2 is 1.76 bits per heavy atom. The third-order valence-corrected chi connectivity index (χ3v) is 7.46. The van der Waals surface area contributed by atoms with Gasteiger partial charge in [0.15, 0.2) is 17.3 Å². The Labute approximate surface area is 234 Å². The number of halogens is 2. The van der Waals surface area contributed by atoms with E-state index in [2.05, 4.69) is 21.2 Å². The molecule has 1 aliphatic heterocycles. The van der Waals surface area contributed by atoms with Crippen LogP contribution >= 0.6 is 27.5 Å². The van der Waals surface area contributed by atoms with Crippen molar-refractivity contribution in [3.63, 3.8) is 0 Å². The second-order valence-electron chi connectivity index (χ2n) is 8.93. The molecule has 0 unspecified atom stereocenters. The van der Waals surface area contributed by atoms with Crippen LogP contribution in [0.4, 0.5) is 0 Å². The standard InChI is InChI=1S/C30H25BrClNO5/c1-4-37-23-14-18(13-22(31)29(23)38-15-17-9-11-19(32)12-10-17)25-24(30(35)36-3)16(2)33-27-20-7-5-6-8-21(20)28(34)26(25)27/h5-14,25,33H,4,15H2,1-3H3/t25-/m1/s1. The second kappa shape index (κ2) is 10.7. The third-order valence-electron chi connectivity index (χ3n) is 6.62. The number of Topliss-reactive ketones (excluding diaryl/α,β-unsaturated/α-hetero) is 1. The second-order valence-corrected chi connectivity index (χ2v) is 10.2. The summed E-state index contributed by atoms with van der Waals surface area (Å²) >= 11 is 9.66. The lowest BCUT2D eigenvalue weighted by atomic mass is 9.79. The fourth-order valence-electron chi connectivity index (χ4n) is 4.94. The molecule has 3 aromatic carbocycles. The van der Waals surface area contributed by atoms with Gasteiger partial charge in [-0.3, -0.25) is 4.79 Å². The van der Waals surface area contributed by atoms with E-state index in [4.69, 9.17) is 25.8 Å². The number of ketones is 1. The molecule has 38 heavy (non-hydrogen) atoms. The highest BCUT2D eigenvalue weighted by Crippen LogP contribution is 2.49. The number of carbonyl (C=O) groups is 2. The van der Waals surface area contributed by atoms with E-state index in [1.165, 1.54) is 7.11 Å². The van der Waals surface area contributed by atoms with Crippen molar-refractivity contribution in [3.05, 3.63) is 109 Å². The van der Waals surface area contributed by atoms with Crippen molar-refractivity contribution >= 4 is 45.0 Å². The maximum atomic E-state index is 13.7. The van der Waals surface area contributed by atoms with Gasteiger partial charge in [0.1, 0.15) is 6.61 Å². The number of allylic oxidation sites excluding steroid dienone is 2. The van der Waals surface area contributed by atoms with Crippen LogP contribution in [0.3, 0.4) is 0 Å². The predicted molar refractivity (Wildman–Crippen MR) is 149 cm³/mol. The molecule has 6 nitrogen and oxygen atoms in total. The van der Waals surface area contributed by atoms with Gasteiger partial charge in [0.2, 0.25) is 0 Å². The van der Waals surface area contributed by atoms with Crippen LogP contribution in [0, 0.1) is 0 Å². The van der Waals surface area contributed by atoms with Crippen molar-refractivity contribution in [1.82, 2.24) is 5.32 Å². The van der Waals surface area contributed by atoms with E-state index in [1.54, 1.807) is 6.07 Å². The van der Waals surface area contributed by atoms with Crippen LogP contribution in [0.2, 0.25) is 5.02 Å². The van der Waals surface area contributed by atoms with Crippen LogP contribution in [0.5, 0.6) is 11.5 Å². The van der Waals surface area contributed by atoms with Crippen LogP contribution < -0.4 is 14.8 Å². The first kappa shape index (κ1) is 26.1. The zero-order valence-electron chi connectivity index (χ0n) is 21.1. The van der Waals surface area contributed by atoms with Crippen molar-refractivity contribution in [2.45, 2.75) is 26.4 Å². The molecule has 0 amide bonds. The van der Waals surface area contributed by atoms with Crippen molar-refractivity contribution in [2.24, 2.45) is 0 Å². The van der Waals surface area contributed by atoms with E-state index in [1.807, 2.05) is 68.4 Å². The maximum Gasteiger partial charge on any atom is 0.336 e. The van der Waals surface area contributed by atoms with Crippen molar-refractivity contribution in [2.75, 3.05) is 13.7 Å². The molecule has 1 atom stereocenters. The predicted octanol–water partition coefficient (Wildman–Crippen LogP) is 6.82. The van der Waals surface area contributed by atoms with Crippen LogP contribution in [-0.4, -0.2) is 25.5 Å². The molecule has 0 radical (unpaired) electrons. The minimum absolute atomic E-state index is 0.126. The molecule has 3 aromatic rings. The third kappa shape index (κ3) is 4.61. The lowest BCUT2D eigenvalue weighted by Gasteiger charge is -2.29. The van der Waals surface area contributed by atoms with Crippen LogP contribution in [0.15, 0.2) is 82.0 Å². The summed E-state index contributed by atoms with van der Waals surface area (Å²) in [6, 6.07) is 18.6. The van der Waals surface area contributed by atoms with Gasteiger partial charge in [-0.2, -0.15) is 0 Å². The van der Waals surface area contributed by atoms with Gasteiger partial charge in [0.05, 0.1) is 29.5 Å². The zero-order valence-corrected chi connectivity index (χ0v) is 23.4. The molecule has 0 spiro atoms. The number of benzene rings is 3. The fourth-order valence-corrected chi connectivity index (χ4v) is 5.64. The molecule has 1 heterocycles. The number of nitrogens with one attached hydrogen (secondary N) is 1. The Hall–Kier alpha value is -3.55. The van der Waals surface area contributed by atoms with Gasteiger partial charge < -0.3 is 19.5 Å². The highest BCUT2D eigenvalue weighted by atomic mass is 79.9. The molecule has 0 saturated heterocycles. The maximum absolute atomic E-state index is 13.7. The number of carbonyl (C=O) groups excluding carboxylic acids is 2. The topological polar surface area (TPSA) is 73.9 Å². The average molecular weight is 595 g/mol. The van der Waals surface area contributed by atoms with E-state index in [-0.39, 0.29) is 5.78 Å². The van der Waals surface area contributed by atoms with Crippen molar-refractivity contribution in [1.29, 1.82) is 0 Å². The molecule has 194 valence electrons. The number of hydrogen-bond donors (Lipinski definition) is 1. The highest BCUT2D eigenvalue weighted by molar-refractivity contribution is 9.10. The first-order valence-electron chi connectivity index (χ1n) is 12.1. The molecule has 2 aliphatic rings. The molecule has 0 fully saturated rings. The highest BCUT2D eigenvalue weighted by Gasteiger charge is 2.43. The number of dihydropyridines is 1. The SMILES string of the molecule is CCOc1cc([C@@H]2C(C(=O)OC)=C(C)NC3=C2C(=O)c2ccccc23)cc(Br)c1OCc1ccc(Cl)cc1. The smallest absolute Gasteiger partial charge is 0.336 e. The first-order valence-corrected chi connectivity index (χ1v) is 13.3. The Balaban J connectivity index is 1.61. The Morgan fingerprint density at radius 3 is 2.45 bits per heavy atom. The van der Waals surface area contributed by atoms with E-state index >= 15 is 0 Å². The lowest BCUT2D eigenvalue weighted by molar-refractivity contribution is -0.136. The summed E-state index contributed by atoms with van der Waals surface area (Å²) in [4.78, 5) is 26.7. The minimum atomic E-state index is -0.667. The number of ether oxygens (including phenoxy) is 3. The summed E-state index contributed by atoms with van der Waals surface area (Å²) < 4.78 is 17.9. The number of esters is 1. The normalized spacial score (nSPS) is 16.1. The molecule has 1 aliphatic carbocycles. The van der Waals surface area contributed by atoms with Gasteiger partial charge in [-0.05, 0) is 65.2 Å². The van der Waals surface area contributed by atoms with E-state index < -0.39 is 11.9 Å². The molecular weight excluding hydrogens is 570 g/mol. The Kier molecular flexibility index (Phi) is 7.32. The lowest BCUT2D eigenvalue weighted by Crippen LogP contribution is -2.29. The number of methoxy groups -OCH3 is 1. The Morgan fingerprint density at radius 1 is 1.05 bits per heavy atom. The molecule has 1 N–H and O–H groups in total. The van der Waals surface area contributed by atoms with Gasteiger partial charge >= 0.3 is 5.97 Å². The van der Waals surface area contributed by atoms with Gasteiger partial charge in [0.25, 0.3) is 0 Å². The van der Waals surface area contributed by atoms with E-state index in [0.29, 0.717) is 67.9 Å². The van der Waals surface area contributed by atoms with Crippen molar-refractivity contribution in [3.8, 4) is 11.5 Å². The minimum Gasteiger partial charge on any atom is -0.490 e. The molecule has 0 aromatic heterocycles. The zero-order chi connectivity index (χ0) is 27.0. The molecule has 0 bridgehead atoms. The Bertz CT molecular complexity index is 1510. The summed E-state index contributed by atoms with van der Waals surface area (Å²) in [7, 11) is 1.34. The van der Waals surface area contributed by atoms with Crippen molar-refractivity contribution < 1.29 is 23.8 Å². The quantitative estimate of drug-likeness (QED) is 0.303. The van der Waals surface area contributed by atoms with Gasteiger partial charge in [-0.15, -0.1) is 0 Å². The van der Waals surface area contributed by atoms with Crippen LogP contribution in [0.25, 0.3) is 5.70 Å². The average Bonchev–Trinajstić information content (AvgIpc) is 3.19. The number of fused-ring (bicyclic) bond motifs is 2. The molecule has 0 saturated carbocycles. The monoisotopic (exact) mass is 593 g/mol. The molecular formula is C30H25BrClNO5. The first-order chi connectivity index (χ1) is 18.3. The van der Waals surface area contributed by atoms with Gasteiger partial charge in [0, 0.05) is 33.3 Å². The summed E-state index contributed by atoms with van der Waals surface area (Å²) in [5.74, 6) is -0.280. The number of rotatable bonds is 7. The summed E-state index contributed by atoms with van der Waals surface area (Å²) in [5.41, 5.74) is 5.27. The largest absolute Gasteiger partial charge is 0.490 e.